The zero-order valence-electron chi connectivity index (χ0n) is 10.9. The number of nitrogens with one attached hydrogen (secondary N) is 1. The van der Waals surface area contributed by atoms with Gasteiger partial charge in [-0.15, -0.1) is 0 Å². The first-order valence-corrected chi connectivity index (χ1v) is 7.33. The van der Waals surface area contributed by atoms with Crippen molar-refractivity contribution in [1.29, 1.82) is 0 Å². The zero-order valence-corrected chi connectivity index (χ0v) is 10.9. The van der Waals surface area contributed by atoms with Crippen LogP contribution in [0.4, 0.5) is 0 Å². The van der Waals surface area contributed by atoms with E-state index in [9.17, 15) is 0 Å². The van der Waals surface area contributed by atoms with E-state index >= 15 is 0 Å². The standard InChI is InChI=1S/C14H25NO2/c1-2-15-13(9-14-16-5-6-17-14)12-8-10-3-4-11(12)7-10/h10-15H,2-9H2,1H3. The number of fused-ring (bicyclic) bond motifs is 2. The Bertz CT molecular complexity index is 253. The van der Waals surface area contributed by atoms with Crippen LogP contribution in [-0.4, -0.2) is 32.1 Å². The molecule has 3 fully saturated rings. The first kappa shape index (κ1) is 11.9. The molecule has 1 heterocycles. The molecule has 1 aliphatic heterocycles. The number of hydrogen-bond donors (Lipinski definition) is 1. The van der Waals surface area contributed by atoms with Crippen molar-refractivity contribution in [2.75, 3.05) is 19.8 Å². The van der Waals surface area contributed by atoms with Crippen LogP contribution in [0.2, 0.25) is 0 Å². The lowest BCUT2D eigenvalue weighted by Gasteiger charge is -2.32. The maximum atomic E-state index is 5.61. The summed E-state index contributed by atoms with van der Waals surface area (Å²) >= 11 is 0. The second-order valence-corrected chi connectivity index (χ2v) is 5.91. The van der Waals surface area contributed by atoms with Gasteiger partial charge in [0, 0.05) is 12.5 Å². The van der Waals surface area contributed by atoms with Crippen molar-refractivity contribution < 1.29 is 9.47 Å². The molecule has 0 aromatic rings. The molecular weight excluding hydrogens is 214 g/mol. The van der Waals surface area contributed by atoms with Gasteiger partial charge in [0.2, 0.25) is 0 Å². The Kier molecular flexibility index (Phi) is 3.69. The number of hydrogen-bond acceptors (Lipinski definition) is 3. The molecule has 3 rings (SSSR count). The van der Waals surface area contributed by atoms with Gasteiger partial charge in [-0.3, -0.25) is 0 Å². The van der Waals surface area contributed by atoms with Crippen LogP contribution in [0.3, 0.4) is 0 Å². The Hall–Kier alpha value is -0.120. The highest BCUT2D eigenvalue weighted by atomic mass is 16.7. The van der Waals surface area contributed by atoms with E-state index in [1.807, 2.05) is 0 Å². The molecule has 3 nitrogen and oxygen atoms in total. The molecule has 0 aromatic carbocycles. The highest BCUT2D eigenvalue weighted by molar-refractivity contribution is 4.95. The summed E-state index contributed by atoms with van der Waals surface area (Å²) in [6, 6.07) is 0.610. The third kappa shape index (κ3) is 2.51. The van der Waals surface area contributed by atoms with E-state index in [0.29, 0.717) is 6.04 Å². The topological polar surface area (TPSA) is 30.5 Å². The Morgan fingerprint density at radius 3 is 2.59 bits per heavy atom. The van der Waals surface area contributed by atoms with Crippen molar-refractivity contribution in [2.24, 2.45) is 17.8 Å². The first-order valence-electron chi connectivity index (χ1n) is 7.33. The van der Waals surface area contributed by atoms with Crippen LogP contribution in [-0.2, 0) is 9.47 Å². The quantitative estimate of drug-likeness (QED) is 0.797. The van der Waals surface area contributed by atoms with Gasteiger partial charge in [-0.2, -0.15) is 0 Å². The van der Waals surface area contributed by atoms with Crippen molar-refractivity contribution in [2.45, 2.75) is 51.4 Å². The lowest BCUT2D eigenvalue weighted by atomic mass is 9.82. The van der Waals surface area contributed by atoms with E-state index in [-0.39, 0.29) is 6.29 Å². The van der Waals surface area contributed by atoms with E-state index in [1.54, 1.807) is 0 Å². The van der Waals surface area contributed by atoms with Crippen molar-refractivity contribution in [3.63, 3.8) is 0 Å². The van der Waals surface area contributed by atoms with Gasteiger partial charge in [0.25, 0.3) is 0 Å². The maximum Gasteiger partial charge on any atom is 0.159 e. The van der Waals surface area contributed by atoms with E-state index < -0.39 is 0 Å². The van der Waals surface area contributed by atoms with Gasteiger partial charge in [0.15, 0.2) is 6.29 Å². The van der Waals surface area contributed by atoms with Gasteiger partial charge in [-0.1, -0.05) is 13.3 Å². The summed E-state index contributed by atoms with van der Waals surface area (Å²) in [7, 11) is 0. The summed E-state index contributed by atoms with van der Waals surface area (Å²) in [4.78, 5) is 0. The number of rotatable bonds is 5. The molecule has 0 aromatic heterocycles. The lowest BCUT2D eigenvalue weighted by Crippen LogP contribution is -2.41. The summed E-state index contributed by atoms with van der Waals surface area (Å²) in [5.74, 6) is 2.88. The van der Waals surface area contributed by atoms with E-state index in [1.165, 1.54) is 25.7 Å². The van der Waals surface area contributed by atoms with Gasteiger partial charge >= 0.3 is 0 Å². The van der Waals surface area contributed by atoms with Crippen LogP contribution in [0, 0.1) is 17.8 Å². The fourth-order valence-corrected chi connectivity index (χ4v) is 4.21. The van der Waals surface area contributed by atoms with E-state index in [0.717, 1.165) is 43.9 Å². The van der Waals surface area contributed by atoms with Crippen molar-refractivity contribution >= 4 is 0 Å². The van der Waals surface area contributed by atoms with Crippen LogP contribution < -0.4 is 5.32 Å². The summed E-state index contributed by atoms with van der Waals surface area (Å²) < 4.78 is 11.2. The zero-order chi connectivity index (χ0) is 11.7. The average Bonchev–Trinajstić information content (AvgIpc) is 3.05. The Labute approximate surface area is 104 Å². The molecule has 1 N–H and O–H groups in total. The maximum absolute atomic E-state index is 5.61. The molecular formula is C14H25NO2. The van der Waals surface area contributed by atoms with E-state index in [4.69, 9.17) is 9.47 Å². The predicted octanol–water partition coefficient (Wildman–Crippen LogP) is 2.16. The molecule has 4 unspecified atom stereocenters. The molecule has 0 radical (unpaired) electrons. The molecule has 2 aliphatic carbocycles. The molecule has 0 amide bonds. The highest BCUT2D eigenvalue weighted by Gasteiger charge is 2.43. The minimum atomic E-state index is 0.0539. The summed E-state index contributed by atoms with van der Waals surface area (Å²) in [5.41, 5.74) is 0. The summed E-state index contributed by atoms with van der Waals surface area (Å²) in [6.45, 7) is 4.82. The van der Waals surface area contributed by atoms with E-state index in [2.05, 4.69) is 12.2 Å². The van der Waals surface area contributed by atoms with Gasteiger partial charge in [0.1, 0.15) is 0 Å². The second-order valence-electron chi connectivity index (χ2n) is 5.91. The largest absolute Gasteiger partial charge is 0.350 e. The Morgan fingerprint density at radius 2 is 2.00 bits per heavy atom. The van der Waals surface area contributed by atoms with Crippen molar-refractivity contribution in [3.05, 3.63) is 0 Å². The molecule has 3 aliphatic rings. The lowest BCUT2D eigenvalue weighted by molar-refractivity contribution is -0.0581. The van der Waals surface area contributed by atoms with Crippen LogP contribution in [0.15, 0.2) is 0 Å². The van der Waals surface area contributed by atoms with Gasteiger partial charge in [-0.25, -0.2) is 0 Å². The predicted molar refractivity (Wildman–Crippen MR) is 66.7 cm³/mol. The van der Waals surface area contributed by atoms with Crippen molar-refractivity contribution in [3.8, 4) is 0 Å². The van der Waals surface area contributed by atoms with Crippen LogP contribution in [0.5, 0.6) is 0 Å². The normalized spacial score (nSPS) is 39.0. The highest BCUT2D eigenvalue weighted by Crippen LogP contribution is 2.50. The van der Waals surface area contributed by atoms with Crippen molar-refractivity contribution in [1.82, 2.24) is 5.32 Å². The number of ether oxygens (including phenoxy) is 2. The average molecular weight is 239 g/mol. The van der Waals surface area contributed by atoms with Crippen LogP contribution in [0.1, 0.15) is 39.0 Å². The fourth-order valence-electron chi connectivity index (χ4n) is 4.21. The molecule has 0 spiro atoms. The van der Waals surface area contributed by atoms with Gasteiger partial charge < -0.3 is 14.8 Å². The SMILES string of the molecule is CCNC(CC1OCCO1)C1CC2CCC1C2. The molecule has 4 atom stereocenters. The van der Waals surface area contributed by atoms with Gasteiger partial charge in [0.05, 0.1) is 13.2 Å². The Balaban J connectivity index is 1.59. The van der Waals surface area contributed by atoms with Crippen LogP contribution in [0.25, 0.3) is 0 Å². The summed E-state index contributed by atoms with van der Waals surface area (Å²) in [5, 5.41) is 3.68. The van der Waals surface area contributed by atoms with Gasteiger partial charge in [-0.05, 0) is 43.6 Å². The molecule has 2 bridgehead atoms. The third-order valence-electron chi connectivity index (χ3n) is 4.91. The molecule has 17 heavy (non-hydrogen) atoms. The smallest absolute Gasteiger partial charge is 0.159 e. The first-order chi connectivity index (χ1) is 8.36. The second kappa shape index (κ2) is 5.25. The Morgan fingerprint density at radius 1 is 1.18 bits per heavy atom. The minimum absolute atomic E-state index is 0.0539. The van der Waals surface area contributed by atoms with Crippen LogP contribution >= 0.6 is 0 Å². The molecule has 2 saturated carbocycles. The summed E-state index contributed by atoms with van der Waals surface area (Å²) in [6.07, 6.45) is 6.97. The molecule has 1 saturated heterocycles. The molecule has 98 valence electrons. The molecule has 3 heteroatoms. The third-order valence-corrected chi connectivity index (χ3v) is 4.91. The monoisotopic (exact) mass is 239 g/mol. The fraction of sp³-hybridized carbons (Fsp3) is 1.00. The minimum Gasteiger partial charge on any atom is -0.350 e.